The Kier molecular flexibility index (Phi) is 4.54. The molecule has 0 aliphatic carbocycles. The number of amides is 2. The van der Waals surface area contributed by atoms with E-state index in [0.717, 1.165) is 12.1 Å². The van der Waals surface area contributed by atoms with E-state index >= 15 is 0 Å². The first-order chi connectivity index (χ1) is 7.63. The lowest BCUT2D eigenvalue weighted by Crippen LogP contribution is -2.20. The molecule has 4 N–H and O–H groups in total. The van der Waals surface area contributed by atoms with Crippen LogP contribution < -0.4 is 16.4 Å². The van der Waals surface area contributed by atoms with Crippen LogP contribution in [-0.4, -0.2) is 12.6 Å². The Balaban J connectivity index is 2.62. The Morgan fingerprint density at radius 3 is 2.62 bits per heavy atom. The topological polar surface area (TPSA) is 67.2 Å². The fourth-order valence-corrected chi connectivity index (χ4v) is 1.38. The summed E-state index contributed by atoms with van der Waals surface area (Å²) in [4.78, 5) is 10.6. The number of benzene rings is 1. The van der Waals surface area contributed by atoms with Gasteiger partial charge in [0.15, 0.2) is 0 Å². The number of nitrogens with one attached hydrogen (secondary N) is 2. The van der Waals surface area contributed by atoms with Crippen LogP contribution in [0, 0.1) is 0 Å². The highest BCUT2D eigenvalue weighted by atomic mass is 16.2. The predicted octanol–water partition coefficient (Wildman–Crippen LogP) is 2.01. The summed E-state index contributed by atoms with van der Waals surface area (Å²) in [5, 5.41) is 5.80. The lowest BCUT2D eigenvalue weighted by molar-refractivity contribution is 0.259. The summed E-state index contributed by atoms with van der Waals surface area (Å²) in [7, 11) is 0. The van der Waals surface area contributed by atoms with Gasteiger partial charge in [-0.3, -0.25) is 0 Å². The summed E-state index contributed by atoms with van der Waals surface area (Å²) in [6, 6.07) is 7.25. The van der Waals surface area contributed by atoms with Gasteiger partial charge < -0.3 is 16.4 Å². The number of nitrogens with two attached hydrogens (primary N) is 1. The average Bonchev–Trinajstić information content (AvgIpc) is 2.26. The van der Waals surface area contributed by atoms with Crippen molar-refractivity contribution < 1.29 is 4.79 Å². The number of urea groups is 1. The van der Waals surface area contributed by atoms with Crippen molar-refractivity contribution in [3.8, 4) is 0 Å². The first kappa shape index (κ1) is 12.3. The van der Waals surface area contributed by atoms with Crippen molar-refractivity contribution in [2.45, 2.75) is 13.0 Å². The Hall–Kier alpha value is -1.81. The maximum absolute atomic E-state index is 10.6. The zero-order valence-electron chi connectivity index (χ0n) is 9.36. The predicted molar refractivity (Wildman–Crippen MR) is 66.3 cm³/mol. The van der Waals surface area contributed by atoms with Gasteiger partial charge in [0.25, 0.3) is 0 Å². The van der Waals surface area contributed by atoms with Crippen LogP contribution in [0.25, 0.3) is 0 Å². The highest BCUT2D eigenvalue weighted by Gasteiger charge is 2.03. The average molecular weight is 219 g/mol. The quantitative estimate of drug-likeness (QED) is 0.663. The van der Waals surface area contributed by atoms with Gasteiger partial charge in [0, 0.05) is 18.3 Å². The van der Waals surface area contributed by atoms with Crippen LogP contribution in [-0.2, 0) is 0 Å². The summed E-state index contributed by atoms with van der Waals surface area (Å²) in [5.74, 6) is 0. The molecule has 0 bridgehead atoms. The third kappa shape index (κ3) is 3.74. The first-order valence-electron chi connectivity index (χ1n) is 5.14. The van der Waals surface area contributed by atoms with Crippen molar-refractivity contribution in [3.05, 3.63) is 42.5 Å². The van der Waals surface area contributed by atoms with Crippen molar-refractivity contribution in [2.75, 3.05) is 11.9 Å². The first-order valence-corrected chi connectivity index (χ1v) is 5.14. The van der Waals surface area contributed by atoms with Gasteiger partial charge in [0.2, 0.25) is 0 Å². The van der Waals surface area contributed by atoms with Gasteiger partial charge in [-0.2, -0.15) is 0 Å². The fraction of sp³-hybridized carbons (Fsp3) is 0.250. The molecule has 2 amide bonds. The summed E-state index contributed by atoms with van der Waals surface area (Å²) in [6.45, 7) is 6.49. The van der Waals surface area contributed by atoms with Crippen molar-refractivity contribution in [1.29, 1.82) is 0 Å². The van der Waals surface area contributed by atoms with Gasteiger partial charge in [0.05, 0.1) is 0 Å². The van der Waals surface area contributed by atoms with Crippen molar-refractivity contribution in [3.63, 3.8) is 0 Å². The molecule has 0 aliphatic heterocycles. The Morgan fingerprint density at radius 2 is 2.12 bits per heavy atom. The second-order valence-corrected chi connectivity index (χ2v) is 3.53. The molecule has 86 valence electrons. The van der Waals surface area contributed by atoms with E-state index in [1.807, 2.05) is 30.3 Å². The lowest BCUT2D eigenvalue weighted by atomic mass is 10.1. The number of anilines is 1. The molecule has 4 heteroatoms. The number of carbonyl (C=O) groups excluding carboxylic acids is 1. The SMILES string of the molecule is C=CCNC(C)c1ccc(NC(N)=O)cc1. The van der Waals surface area contributed by atoms with Crippen LogP contribution in [0.1, 0.15) is 18.5 Å². The summed E-state index contributed by atoms with van der Waals surface area (Å²) in [5.41, 5.74) is 6.87. The molecule has 0 radical (unpaired) electrons. The summed E-state index contributed by atoms with van der Waals surface area (Å²) in [6.07, 6.45) is 1.82. The van der Waals surface area contributed by atoms with Crippen LogP contribution in [0.15, 0.2) is 36.9 Å². The van der Waals surface area contributed by atoms with Crippen molar-refractivity contribution in [1.82, 2.24) is 5.32 Å². The van der Waals surface area contributed by atoms with Gasteiger partial charge >= 0.3 is 6.03 Å². The maximum Gasteiger partial charge on any atom is 0.316 e. The van der Waals surface area contributed by atoms with E-state index in [4.69, 9.17) is 5.73 Å². The molecule has 4 nitrogen and oxygen atoms in total. The minimum atomic E-state index is -0.550. The molecule has 0 heterocycles. The van der Waals surface area contributed by atoms with E-state index in [9.17, 15) is 4.79 Å². The van der Waals surface area contributed by atoms with Crippen LogP contribution >= 0.6 is 0 Å². The van der Waals surface area contributed by atoms with E-state index < -0.39 is 6.03 Å². The molecule has 1 aromatic rings. The third-order valence-electron chi connectivity index (χ3n) is 2.25. The molecule has 1 atom stereocenters. The highest BCUT2D eigenvalue weighted by molar-refractivity contribution is 5.87. The van der Waals surface area contributed by atoms with E-state index in [2.05, 4.69) is 24.1 Å². The van der Waals surface area contributed by atoms with Gasteiger partial charge in [0.1, 0.15) is 0 Å². The van der Waals surface area contributed by atoms with Crippen LogP contribution in [0.3, 0.4) is 0 Å². The monoisotopic (exact) mass is 219 g/mol. The number of hydrogen-bond donors (Lipinski definition) is 3. The van der Waals surface area contributed by atoms with Gasteiger partial charge in [-0.05, 0) is 24.6 Å². The van der Waals surface area contributed by atoms with Gasteiger partial charge in [-0.1, -0.05) is 18.2 Å². The molecule has 0 spiro atoms. The molecule has 0 saturated carbocycles. The van der Waals surface area contributed by atoms with Crippen LogP contribution in [0.5, 0.6) is 0 Å². The Bertz CT molecular complexity index is 359. The van der Waals surface area contributed by atoms with E-state index in [0.29, 0.717) is 5.69 Å². The Morgan fingerprint density at radius 1 is 1.50 bits per heavy atom. The van der Waals surface area contributed by atoms with Crippen LogP contribution in [0.4, 0.5) is 10.5 Å². The number of primary amides is 1. The molecule has 0 aromatic heterocycles. The third-order valence-corrected chi connectivity index (χ3v) is 2.25. The molecule has 0 saturated heterocycles. The Labute approximate surface area is 95.5 Å². The molecule has 1 aromatic carbocycles. The van der Waals surface area contributed by atoms with E-state index in [1.54, 1.807) is 0 Å². The number of hydrogen-bond acceptors (Lipinski definition) is 2. The zero-order chi connectivity index (χ0) is 12.0. The van der Waals surface area contributed by atoms with E-state index in [1.165, 1.54) is 0 Å². The number of rotatable bonds is 5. The number of carbonyl (C=O) groups is 1. The van der Waals surface area contributed by atoms with Gasteiger partial charge in [-0.25, -0.2) is 4.79 Å². The molecular formula is C12H17N3O. The van der Waals surface area contributed by atoms with Crippen molar-refractivity contribution >= 4 is 11.7 Å². The van der Waals surface area contributed by atoms with Crippen LogP contribution in [0.2, 0.25) is 0 Å². The summed E-state index contributed by atoms with van der Waals surface area (Å²) >= 11 is 0. The minimum Gasteiger partial charge on any atom is -0.351 e. The molecule has 0 aliphatic rings. The standard InChI is InChI=1S/C12H17N3O/c1-3-8-14-9(2)10-4-6-11(7-5-10)15-12(13)16/h3-7,9,14H,1,8H2,2H3,(H3,13,15,16). The fourth-order valence-electron chi connectivity index (χ4n) is 1.38. The molecule has 0 fully saturated rings. The largest absolute Gasteiger partial charge is 0.351 e. The summed E-state index contributed by atoms with van der Waals surface area (Å²) < 4.78 is 0. The minimum absolute atomic E-state index is 0.251. The second kappa shape index (κ2) is 5.92. The van der Waals surface area contributed by atoms with E-state index in [-0.39, 0.29) is 6.04 Å². The normalized spacial score (nSPS) is 11.8. The van der Waals surface area contributed by atoms with Gasteiger partial charge in [-0.15, -0.1) is 6.58 Å². The highest BCUT2D eigenvalue weighted by Crippen LogP contribution is 2.15. The molecule has 16 heavy (non-hydrogen) atoms. The molecular weight excluding hydrogens is 202 g/mol. The lowest BCUT2D eigenvalue weighted by Gasteiger charge is -2.13. The maximum atomic E-state index is 10.6. The second-order valence-electron chi connectivity index (χ2n) is 3.53. The van der Waals surface area contributed by atoms with Crippen molar-refractivity contribution in [2.24, 2.45) is 5.73 Å². The molecule has 1 unspecified atom stereocenters. The molecule has 1 rings (SSSR count). The zero-order valence-corrected chi connectivity index (χ0v) is 9.36. The smallest absolute Gasteiger partial charge is 0.316 e.